The molecule has 0 aliphatic carbocycles. The number of anilines is 1. The van der Waals surface area contributed by atoms with Gasteiger partial charge in [0.15, 0.2) is 15.7 Å². The van der Waals surface area contributed by atoms with Gasteiger partial charge in [-0.05, 0) is 48.9 Å². The summed E-state index contributed by atoms with van der Waals surface area (Å²) in [6, 6.07) is 9.65. The van der Waals surface area contributed by atoms with Crippen molar-refractivity contribution in [3.8, 4) is 0 Å². The third kappa shape index (κ3) is 5.61. The number of hydrogen-bond acceptors (Lipinski definition) is 6. The molecule has 1 amide bonds. The van der Waals surface area contributed by atoms with E-state index in [-0.39, 0.29) is 35.4 Å². The molecule has 3 rings (SSSR count). The normalized spacial score (nSPS) is 11.4. The Balaban J connectivity index is 1.58. The molecule has 0 unspecified atom stereocenters. The summed E-state index contributed by atoms with van der Waals surface area (Å²) in [5.41, 5.74) is 1.48. The van der Waals surface area contributed by atoms with Crippen molar-refractivity contribution in [1.82, 2.24) is 10.1 Å². The molecule has 152 valence electrons. The highest BCUT2D eigenvalue weighted by Gasteiger charge is 2.20. The largest absolute Gasteiger partial charge is 0.339 e. The summed E-state index contributed by atoms with van der Waals surface area (Å²) in [7, 11) is -3.74. The topological polar surface area (TPSA) is 102 Å². The van der Waals surface area contributed by atoms with E-state index in [1.54, 1.807) is 18.2 Å². The van der Waals surface area contributed by atoms with Gasteiger partial charge in [-0.3, -0.25) is 4.79 Å². The first-order chi connectivity index (χ1) is 13.7. The molecule has 1 N–H and O–H groups in total. The van der Waals surface area contributed by atoms with Gasteiger partial charge in [-0.25, -0.2) is 12.8 Å². The Kier molecular flexibility index (Phi) is 6.29. The van der Waals surface area contributed by atoms with E-state index in [1.807, 2.05) is 6.92 Å². The van der Waals surface area contributed by atoms with Gasteiger partial charge in [-0.1, -0.05) is 22.8 Å². The average Bonchev–Trinajstić information content (AvgIpc) is 3.10. The lowest BCUT2D eigenvalue weighted by Crippen LogP contribution is -2.13. The Morgan fingerprint density at radius 1 is 1.21 bits per heavy atom. The fourth-order valence-corrected chi connectivity index (χ4v) is 3.85. The summed E-state index contributed by atoms with van der Waals surface area (Å²) in [5.74, 6) is -1.18. The maximum absolute atomic E-state index is 13.0. The van der Waals surface area contributed by atoms with Crippen LogP contribution in [-0.4, -0.2) is 24.5 Å². The average molecular weight is 438 g/mol. The molecule has 0 atom stereocenters. The summed E-state index contributed by atoms with van der Waals surface area (Å²) < 4.78 is 42.6. The van der Waals surface area contributed by atoms with Crippen LogP contribution in [0, 0.1) is 12.7 Å². The van der Waals surface area contributed by atoms with Crippen molar-refractivity contribution < 1.29 is 22.1 Å². The maximum Gasteiger partial charge on any atom is 0.227 e. The summed E-state index contributed by atoms with van der Waals surface area (Å²) in [4.78, 5) is 16.1. The minimum atomic E-state index is -3.74. The molecule has 10 heteroatoms. The Labute approximate surface area is 171 Å². The van der Waals surface area contributed by atoms with Crippen molar-refractivity contribution in [3.63, 3.8) is 0 Å². The zero-order valence-corrected chi connectivity index (χ0v) is 16.9. The summed E-state index contributed by atoms with van der Waals surface area (Å²) in [6.07, 6.45) is 0.216. The standard InChI is InChI=1S/C19H17ClFN3O4S/c1-12-2-3-13(20)10-16(12)22-18(25)8-9-19-23-17(24-28-19)11-29(26,27)15-6-4-14(21)5-7-15/h2-7,10H,8-9,11H2,1H3,(H,22,25). The quantitative estimate of drug-likeness (QED) is 0.565. The number of amides is 1. The number of hydrogen-bond donors (Lipinski definition) is 1. The Bertz CT molecular complexity index is 1130. The van der Waals surface area contributed by atoms with Gasteiger partial charge in [0.2, 0.25) is 11.8 Å². The molecular weight excluding hydrogens is 421 g/mol. The summed E-state index contributed by atoms with van der Waals surface area (Å²) in [6.45, 7) is 1.85. The van der Waals surface area contributed by atoms with E-state index in [4.69, 9.17) is 16.1 Å². The van der Waals surface area contributed by atoms with Crippen molar-refractivity contribution >= 4 is 33.0 Å². The van der Waals surface area contributed by atoms with Gasteiger partial charge in [0.05, 0.1) is 4.90 Å². The van der Waals surface area contributed by atoms with Gasteiger partial charge in [-0.2, -0.15) is 4.98 Å². The van der Waals surface area contributed by atoms with E-state index in [9.17, 15) is 17.6 Å². The first-order valence-electron chi connectivity index (χ1n) is 8.59. The zero-order valence-electron chi connectivity index (χ0n) is 15.4. The van der Waals surface area contributed by atoms with Crippen LogP contribution in [0.1, 0.15) is 23.7 Å². The van der Waals surface area contributed by atoms with Gasteiger partial charge < -0.3 is 9.84 Å². The summed E-state index contributed by atoms with van der Waals surface area (Å²) in [5, 5.41) is 6.91. The van der Waals surface area contributed by atoms with Crippen LogP contribution in [0.4, 0.5) is 10.1 Å². The number of halogens is 2. The van der Waals surface area contributed by atoms with Crippen molar-refractivity contribution in [3.05, 3.63) is 70.6 Å². The van der Waals surface area contributed by atoms with Crippen LogP contribution in [0.5, 0.6) is 0 Å². The molecule has 0 radical (unpaired) electrons. The minimum absolute atomic E-state index is 0.0320. The van der Waals surface area contributed by atoms with Gasteiger partial charge in [-0.15, -0.1) is 0 Å². The van der Waals surface area contributed by atoms with E-state index in [0.29, 0.717) is 10.7 Å². The predicted molar refractivity (Wildman–Crippen MR) is 105 cm³/mol. The number of nitrogens with zero attached hydrogens (tertiary/aromatic N) is 2. The Morgan fingerprint density at radius 2 is 1.93 bits per heavy atom. The molecule has 0 saturated carbocycles. The fraction of sp³-hybridized carbons (Fsp3) is 0.211. The van der Waals surface area contributed by atoms with Crippen molar-refractivity contribution in [2.45, 2.75) is 30.4 Å². The molecule has 1 aromatic heterocycles. The van der Waals surface area contributed by atoms with Crippen molar-refractivity contribution in [2.24, 2.45) is 0 Å². The monoisotopic (exact) mass is 437 g/mol. The van der Waals surface area contributed by atoms with Crippen molar-refractivity contribution in [2.75, 3.05) is 5.32 Å². The number of nitrogens with one attached hydrogen (secondary N) is 1. The highest BCUT2D eigenvalue weighted by atomic mass is 35.5. The van der Waals surface area contributed by atoms with Crippen LogP contribution < -0.4 is 5.32 Å². The second-order valence-electron chi connectivity index (χ2n) is 6.32. The molecule has 7 nitrogen and oxygen atoms in total. The second-order valence-corrected chi connectivity index (χ2v) is 8.75. The number of sulfone groups is 1. The van der Waals surface area contributed by atoms with Crippen LogP contribution in [0.2, 0.25) is 5.02 Å². The lowest BCUT2D eigenvalue weighted by molar-refractivity contribution is -0.116. The molecule has 29 heavy (non-hydrogen) atoms. The third-order valence-corrected chi connectivity index (χ3v) is 5.91. The van der Waals surface area contributed by atoms with E-state index in [0.717, 1.165) is 17.7 Å². The molecule has 0 aliphatic heterocycles. The first kappa shape index (κ1) is 20.9. The molecule has 0 fully saturated rings. The SMILES string of the molecule is Cc1ccc(Cl)cc1NC(=O)CCc1nc(CS(=O)(=O)c2ccc(F)cc2)no1. The smallest absolute Gasteiger partial charge is 0.227 e. The number of aryl methyl sites for hydroxylation is 2. The highest BCUT2D eigenvalue weighted by molar-refractivity contribution is 7.90. The Morgan fingerprint density at radius 3 is 2.66 bits per heavy atom. The lowest BCUT2D eigenvalue weighted by Gasteiger charge is -2.08. The van der Waals surface area contributed by atoms with Crippen molar-refractivity contribution in [1.29, 1.82) is 0 Å². The highest BCUT2D eigenvalue weighted by Crippen LogP contribution is 2.20. The second kappa shape index (κ2) is 8.71. The van der Waals surface area contributed by atoms with Gasteiger partial charge >= 0.3 is 0 Å². The van der Waals surface area contributed by atoms with Crippen LogP contribution in [-0.2, 0) is 26.8 Å². The van der Waals surface area contributed by atoms with Gasteiger partial charge in [0, 0.05) is 23.6 Å². The molecule has 2 aromatic carbocycles. The maximum atomic E-state index is 13.0. The van der Waals surface area contributed by atoms with E-state index in [1.165, 1.54) is 12.1 Å². The third-order valence-electron chi connectivity index (χ3n) is 4.04. The number of benzene rings is 2. The molecule has 0 saturated heterocycles. The van der Waals surface area contributed by atoms with Gasteiger partial charge in [0.25, 0.3) is 0 Å². The molecule has 0 spiro atoms. The van der Waals surface area contributed by atoms with Crippen LogP contribution in [0.25, 0.3) is 0 Å². The number of carbonyl (C=O) groups is 1. The molecule has 1 heterocycles. The van der Waals surface area contributed by atoms with E-state index < -0.39 is 21.4 Å². The van der Waals surface area contributed by atoms with E-state index >= 15 is 0 Å². The van der Waals surface area contributed by atoms with Gasteiger partial charge in [0.1, 0.15) is 11.6 Å². The fourth-order valence-electron chi connectivity index (χ4n) is 2.51. The minimum Gasteiger partial charge on any atom is -0.339 e. The van der Waals surface area contributed by atoms with Crippen LogP contribution >= 0.6 is 11.6 Å². The summed E-state index contributed by atoms with van der Waals surface area (Å²) >= 11 is 5.93. The molecular formula is C19H17ClFN3O4S. The van der Waals surface area contributed by atoms with Crippen LogP contribution in [0.15, 0.2) is 51.9 Å². The molecule has 0 bridgehead atoms. The number of aromatic nitrogens is 2. The van der Waals surface area contributed by atoms with Crippen LogP contribution in [0.3, 0.4) is 0 Å². The predicted octanol–water partition coefficient (Wildman–Crippen LogP) is 3.72. The lowest BCUT2D eigenvalue weighted by atomic mass is 10.2. The first-order valence-corrected chi connectivity index (χ1v) is 10.6. The Hall–Kier alpha value is -2.78. The zero-order chi connectivity index (χ0) is 21.0. The molecule has 0 aliphatic rings. The van der Waals surface area contributed by atoms with E-state index in [2.05, 4.69) is 15.5 Å². The number of rotatable bonds is 7. The molecule has 3 aromatic rings. The number of carbonyl (C=O) groups excluding carboxylic acids is 1.